The van der Waals surface area contributed by atoms with Gasteiger partial charge in [-0.05, 0) is 43.2 Å². The van der Waals surface area contributed by atoms with Crippen LogP contribution in [0.15, 0.2) is 35.4 Å². The fourth-order valence-corrected chi connectivity index (χ4v) is 4.15. The molecule has 4 aromatic rings. The summed E-state index contributed by atoms with van der Waals surface area (Å²) in [4.78, 5) is 22.5. The van der Waals surface area contributed by atoms with Crippen LogP contribution in [-0.4, -0.2) is 14.5 Å². The highest BCUT2D eigenvalue weighted by atomic mass is 32.1. The number of rotatable bonds is 2. The van der Waals surface area contributed by atoms with Gasteiger partial charge >= 0.3 is 0 Å². The summed E-state index contributed by atoms with van der Waals surface area (Å²) < 4.78 is 28.3. The van der Waals surface area contributed by atoms with Crippen LogP contribution in [0, 0.1) is 25.5 Å². The van der Waals surface area contributed by atoms with Gasteiger partial charge in [0.15, 0.2) is 11.6 Å². The lowest BCUT2D eigenvalue weighted by atomic mass is 10.1. The fraction of sp³-hybridized carbons (Fsp3) is 0.167. The van der Waals surface area contributed by atoms with Crippen molar-refractivity contribution in [2.45, 2.75) is 20.4 Å². The van der Waals surface area contributed by atoms with Gasteiger partial charge in [-0.25, -0.2) is 18.7 Å². The van der Waals surface area contributed by atoms with E-state index in [4.69, 9.17) is 0 Å². The molecular weight excluding hydrogens is 344 g/mol. The maximum Gasteiger partial charge on any atom is 0.271 e. The Labute approximate surface area is 145 Å². The van der Waals surface area contributed by atoms with Crippen molar-refractivity contribution in [3.05, 3.63) is 69.4 Å². The molecule has 0 saturated carbocycles. The quantitative estimate of drug-likeness (QED) is 0.546. The highest BCUT2D eigenvalue weighted by Gasteiger charge is 2.15. The molecule has 0 N–H and O–H groups in total. The maximum absolute atomic E-state index is 13.4. The number of halogens is 2. The molecule has 0 radical (unpaired) electrons. The van der Waals surface area contributed by atoms with Crippen molar-refractivity contribution < 1.29 is 8.78 Å². The van der Waals surface area contributed by atoms with Gasteiger partial charge in [0.2, 0.25) is 0 Å². The van der Waals surface area contributed by atoms with Gasteiger partial charge in [0, 0.05) is 11.1 Å². The van der Waals surface area contributed by atoms with Crippen molar-refractivity contribution in [2.24, 2.45) is 0 Å². The first-order valence-electron chi connectivity index (χ1n) is 7.64. The Hall–Kier alpha value is -2.67. The second-order valence-electron chi connectivity index (χ2n) is 5.97. The van der Waals surface area contributed by atoms with Crippen LogP contribution >= 0.6 is 11.3 Å². The molecule has 0 aliphatic heterocycles. The lowest BCUT2D eigenvalue weighted by Gasteiger charge is -2.06. The van der Waals surface area contributed by atoms with Crippen LogP contribution in [0.1, 0.15) is 16.8 Å². The predicted octanol–water partition coefficient (Wildman–Crippen LogP) is 3.95. The van der Waals surface area contributed by atoms with E-state index in [1.54, 1.807) is 0 Å². The first-order valence-corrected chi connectivity index (χ1v) is 8.45. The number of hydrogen-bond donors (Lipinski definition) is 0. The van der Waals surface area contributed by atoms with Gasteiger partial charge in [-0.2, -0.15) is 0 Å². The SMILES string of the molecule is Cc1cc(C)c2c(n1)sc1c(=O)n(Cc3ccc(F)c(F)c3)cnc12. The van der Waals surface area contributed by atoms with E-state index in [-0.39, 0.29) is 12.1 Å². The van der Waals surface area contributed by atoms with E-state index < -0.39 is 11.6 Å². The van der Waals surface area contributed by atoms with Crippen molar-refractivity contribution in [1.29, 1.82) is 0 Å². The summed E-state index contributed by atoms with van der Waals surface area (Å²) in [6.07, 6.45) is 1.44. The van der Waals surface area contributed by atoms with Crippen molar-refractivity contribution in [1.82, 2.24) is 14.5 Å². The van der Waals surface area contributed by atoms with Crippen LogP contribution in [0.4, 0.5) is 8.78 Å². The number of nitrogens with zero attached hydrogens (tertiary/aromatic N) is 3. The molecule has 3 aromatic heterocycles. The van der Waals surface area contributed by atoms with Crippen LogP contribution in [0.3, 0.4) is 0 Å². The van der Waals surface area contributed by atoms with Gasteiger partial charge in [-0.3, -0.25) is 9.36 Å². The maximum atomic E-state index is 13.4. The summed E-state index contributed by atoms with van der Waals surface area (Å²) in [5, 5.41) is 0.891. The fourth-order valence-electron chi connectivity index (χ4n) is 2.95. The van der Waals surface area contributed by atoms with Crippen molar-refractivity contribution in [2.75, 3.05) is 0 Å². The third-order valence-electron chi connectivity index (χ3n) is 4.08. The summed E-state index contributed by atoms with van der Waals surface area (Å²) >= 11 is 1.31. The second kappa shape index (κ2) is 5.70. The third-order valence-corrected chi connectivity index (χ3v) is 5.14. The average Bonchev–Trinajstić information content (AvgIpc) is 2.93. The van der Waals surface area contributed by atoms with Crippen molar-refractivity contribution in [3.8, 4) is 0 Å². The van der Waals surface area contributed by atoms with E-state index in [0.29, 0.717) is 15.8 Å². The van der Waals surface area contributed by atoms with Crippen LogP contribution in [0.5, 0.6) is 0 Å². The van der Waals surface area contributed by atoms with Crippen LogP contribution < -0.4 is 5.56 Å². The van der Waals surface area contributed by atoms with Gasteiger partial charge in [-0.15, -0.1) is 11.3 Å². The normalized spacial score (nSPS) is 11.5. The number of hydrogen-bond acceptors (Lipinski definition) is 4. The molecule has 7 heteroatoms. The summed E-state index contributed by atoms with van der Waals surface area (Å²) in [6, 6.07) is 5.56. The molecule has 126 valence electrons. The number of pyridine rings is 1. The molecule has 0 aliphatic rings. The van der Waals surface area contributed by atoms with E-state index in [0.717, 1.165) is 33.6 Å². The summed E-state index contributed by atoms with van der Waals surface area (Å²) in [5.41, 5.74) is 2.83. The monoisotopic (exact) mass is 357 g/mol. The van der Waals surface area contributed by atoms with Gasteiger partial charge in [-0.1, -0.05) is 6.07 Å². The Morgan fingerprint density at radius 1 is 1.16 bits per heavy atom. The number of aryl methyl sites for hydroxylation is 2. The molecule has 0 atom stereocenters. The molecule has 0 saturated heterocycles. The highest BCUT2D eigenvalue weighted by molar-refractivity contribution is 7.25. The standard InChI is InChI=1S/C18H13F2N3OS/c1-9-5-10(2)22-17-14(9)15-16(25-17)18(24)23(8-21-15)7-11-3-4-12(19)13(20)6-11/h3-6,8H,7H2,1-2H3. The zero-order valence-electron chi connectivity index (χ0n) is 13.5. The Balaban J connectivity index is 1.88. The van der Waals surface area contributed by atoms with Crippen LogP contribution in [0.25, 0.3) is 20.4 Å². The molecule has 0 fully saturated rings. The zero-order chi connectivity index (χ0) is 17.7. The van der Waals surface area contributed by atoms with E-state index >= 15 is 0 Å². The lowest BCUT2D eigenvalue weighted by molar-refractivity contribution is 0.506. The molecular formula is C18H13F2N3OS. The number of fused-ring (bicyclic) bond motifs is 3. The summed E-state index contributed by atoms with van der Waals surface area (Å²) in [5.74, 6) is -1.84. The first-order chi connectivity index (χ1) is 11.9. The van der Waals surface area contributed by atoms with Gasteiger partial charge in [0.25, 0.3) is 5.56 Å². The molecule has 4 nitrogen and oxygen atoms in total. The molecule has 0 aliphatic carbocycles. The molecule has 0 amide bonds. The number of thiophene rings is 1. The van der Waals surface area contributed by atoms with E-state index in [1.807, 2.05) is 19.9 Å². The number of aromatic nitrogens is 3. The van der Waals surface area contributed by atoms with Crippen LogP contribution in [0.2, 0.25) is 0 Å². The molecule has 3 heterocycles. The van der Waals surface area contributed by atoms with E-state index in [9.17, 15) is 13.6 Å². The molecule has 4 rings (SSSR count). The molecule has 25 heavy (non-hydrogen) atoms. The van der Waals surface area contributed by atoms with E-state index in [1.165, 1.54) is 28.3 Å². The van der Waals surface area contributed by atoms with Gasteiger partial charge < -0.3 is 0 Å². The minimum absolute atomic E-state index is 0.124. The molecule has 0 unspecified atom stereocenters. The van der Waals surface area contributed by atoms with E-state index in [2.05, 4.69) is 9.97 Å². The minimum atomic E-state index is -0.934. The number of benzene rings is 1. The average molecular weight is 357 g/mol. The molecule has 0 spiro atoms. The Bertz CT molecular complexity index is 1200. The van der Waals surface area contributed by atoms with Gasteiger partial charge in [0.1, 0.15) is 9.53 Å². The minimum Gasteiger partial charge on any atom is -0.294 e. The van der Waals surface area contributed by atoms with Gasteiger partial charge in [0.05, 0.1) is 18.4 Å². The Morgan fingerprint density at radius 3 is 2.72 bits per heavy atom. The van der Waals surface area contributed by atoms with Crippen molar-refractivity contribution >= 4 is 31.8 Å². The van der Waals surface area contributed by atoms with Crippen molar-refractivity contribution in [3.63, 3.8) is 0 Å². The van der Waals surface area contributed by atoms with Crippen LogP contribution in [-0.2, 0) is 6.54 Å². The predicted molar refractivity (Wildman–Crippen MR) is 94.1 cm³/mol. The Morgan fingerprint density at radius 2 is 1.96 bits per heavy atom. The second-order valence-corrected chi connectivity index (χ2v) is 6.97. The summed E-state index contributed by atoms with van der Waals surface area (Å²) in [7, 11) is 0. The molecule has 1 aromatic carbocycles. The largest absolute Gasteiger partial charge is 0.294 e. The highest BCUT2D eigenvalue weighted by Crippen LogP contribution is 2.31. The Kier molecular flexibility index (Phi) is 3.61. The smallest absolute Gasteiger partial charge is 0.271 e. The topological polar surface area (TPSA) is 47.8 Å². The molecule has 0 bridgehead atoms. The third kappa shape index (κ3) is 2.60. The summed E-state index contributed by atoms with van der Waals surface area (Å²) in [6.45, 7) is 4.00. The lowest BCUT2D eigenvalue weighted by Crippen LogP contribution is -2.20. The first kappa shape index (κ1) is 15.8. The zero-order valence-corrected chi connectivity index (χ0v) is 14.3.